The fourth-order valence-electron chi connectivity index (χ4n) is 3.50. The minimum atomic E-state index is -0.111. The monoisotopic (exact) mass is 365 g/mol. The van der Waals surface area contributed by atoms with Gasteiger partial charge in [-0.2, -0.15) is 5.10 Å². The highest BCUT2D eigenvalue weighted by molar-refractivity contribution is 5.94. The first-order chi connectivity index (χ1) is 13.2. The number of amides is 1. The van der Waals surface area contributed by atoms with Crippen molar-refractivity contribution in [1.82, 2.24) is 30.0 Å². The van der Waals surface area contributed by atoms with Gasteiger partial charge in [0.25, 0.3) is 5.91 Å². The highest BCUT2D eigenvalue weighted by Gasteiger charge is 2.22. The number of carbonyl (C=O) groups is 1. The van der Waals surface area contributed by atoms with Crippen molar-refractivity contribution in [3.05, 3.63) is 42.1 Å². The number of fused-ring (bicyclic) bond motifs is 1. The number of nitrogens with zero attached hydrogens (tertiary/aromatic N) is 5. The molecule has 8 nitrogen and oxygen atoms in total. The Morgan fingerprint density at radius 1 is 1.19 bits per heavy atom. The molecule has 1 aliphatic rings. The fraction of sp³-hybridized carbons (Fsp3) is 0.421. The van der Waals surface area contributed by atoms with Gasteiger partial charge in [0.2, 0.25) is 0 Å². The van der Waals surface area contributed by atoms with Crippen molar-refractivity contribution >= 4 is 22.8 Å². The molecule has 8 heteroatoms. The molecule has 140 valence electrons. The quantitative estimate of drug-likeness (QED) is 0.650. The van der Waals surface area contributed by atoms with Crippen molar-refractivity contribution in [2.75, 3.05) is 18.4 Å². The van der Waals surface area contributed by atoms with Crippen LogP contribution >= 0.6 is 0 Å². The molecule has 0 bridgehead atoms. The molecule has 1 aliphatic carbocycles. The van der Waals surface area contributed by atoms with E-state index in [-0.39, 0.29) is 5.91 Å². The Labute approximate surface area is 157 Å². The van der Waals surface area contributed by atoms with Crippen LogP contribution in [0.4, 0.5) is 5.82 Å². The number of pyridine rings is 1. The predicted octanol–water partition coefficient (Wildman–Crippen LogP) is 2.26. The van der Waals surface area contributed by atoms with Gasteiger partial charge in [0.15, 0.2) is 5.65 Å². The van der Waals surface area contributed by atoms with Crippen LogP contribution in [0.5, 0.6) is 0 Å². The molecule has 4 rings (SSSR count). The highest BCUT2D eigenvalue weighted by Crippen LogP contribution is 2.33. The van der Waals surface area contributed by atoms with Crippen molar-refractivity contribution < 1.29 is 4.79 Å². The molecule has 0 aromatic carbocycles. The van der Waals surface area contributed by atoms with Crippen LogP contribution in [0.2, 0.25) is 0 Å². The molecule has 0 atom stereocenters. The zero-order chi connectivity index (χ0) is 18.6. The second-order valence-corrected chi connectivity index (χ2v) is 6.84. The molecule has 1 saturated carbocycles. The van der Waals surface area contributed by atoms with Crippen molar-refractivity contribution in [3.63, 3.8) is 0 Å². The molecule has 3 aromatic heterocycles. The van der Waals surface area contributed by atoms with E-state index >= 15 is 0 Å². The standard InChI is InChI=1S/C19H23N7O/c1-26-18-15(12-23-26)17(24-16(25-18)13-4-2-3-5-13)21-10-11-22-19(27)14-6-8-20-9-7-14/h6-9,12-13H,2-5,10-11H2,1H3,(H,22,27)(H,21,24,25). The maximum absolute atomic E-state index is 12.1. The topological polar surface area (TPSA) is 97.6 Å². The maximum atomic E-state index is 12.1. The van der Waals surface area contributed by atoms with E-state index in [1.54, 1.807) is 35.4 Å². The van der Waals surface area contributed by atoms with Crippen molar-refractivity contribution in [3.8, 4) is 0 Å². The highest BCUT2D eigenvalue weighted by atomic mass is 16.1. The molecular formula is C19H23N7O. The molecule has 0 radical (unpaired) electrons. The third kappa shape index (κ3) is 3.74. The van der Waals surface area contributed by atoms with Gasteiger partial charge < -0.3 is 10.6 Å². The summed E-state index contributed by atoms with van der Waals surface area (Å²) >= 11 is 0. The summed E-state index contributed by atoms with van der Waals surface area (Å²) in [6.07, 6.45) is 9.76. The summed E-state index contributed by atoms with van der Waals surface area (Å²) in [6.45, 7) is 1.06. The lowest BCUT2D eigenvalue weighted by molar-refractivity contribution is 0.0955. The van der Waals surface area contributed by atoms with Crippen LogP contribution < -0.4 is 10.6 Å². The van der Waals surface area contributed by atoms with Gasteiger partial charge in [-0.05, 0) is 25.0 Å². The summed E-state index contributed by atoms with van der Waals surface area (Å²) in [4.78, 5) is 25.5. The Morgan fingerprint density at radius 3 is 2.74 bits per heavy atom. The Balaban J connectivity index is 1.44. The van der Waals surface area contributed by atoms with E-state index in [4.69, 9.17) is 9.97 Å². The van der Waals surface area contributed by atoms with Crippen molar-refractivity contribution in [1.29, 1.82) is 0 Å². The van der Waals surface area contributed by atoms with Crippen molar-refractivity contribution in [2.45, 2.75) is 31.6 Å². The molecule has 3 aromatic rings. The van der Waals surface area contributed by atoms with Crippen LogP contribution in [-0.4, -0.2) is 43.7 Å². The number of anilines is 1. The zero-order valence-electron chi connectivity index (χ0n) is 15.4. The number of hydrogen-bond acceptors (Lipinski definition) is 6. The van der Waals surface area contributed by atoms with E-state index in [1.807, 2.05) is 7.05 Å². The summed E-state index contributed by atoms with van der Waals surface area (Å²) in [6, 6.07) is 3.39. The van der Waals surface area contributed by atoms with E-state index < -0.39 is 0 Å². The Morgan fingerprint density at radius 2 is 1.96 bits per heavy atom. The number of rotatable bonds is 6. The van der Waals surface area contributed by atoms with E-state index in [1.165, 1.54) is 12.8 Å². The van der Waals surface area contributed by atoms with Gasteiger partial charge in [0.1, 0.15) is 11.6 Å². The van der Waals surface area contributed by atoms with Crippen molar-refractivity contribution in [2.24, 2.45) is 7.05 Å². The number of aromatic nitrogens is 5. The molecule has 3 heterocycles. The van der Waals surface area contributed by atoms with Gasteiger partial charge in [-0.3, -0.25) is 14.5 Å². The SMILES string of the molecule is Cn1ncc2c(NCCNC(=O)c3ccncc3)nc(C3CCCC3)nc21. The average Bonchev–Trinajstić information content (AvgIpc) is 3.36. The van der Waals surface area contributed by atoms with Crippen LogP contribution in [0.15, 0.2) is 30.7 Å². The second kappa shape index (κ2) is 7.69. The predicted molar refractivity (Wildman–Crippen MR) is 103 cm³/mol. The summed E-state index contributed by atoms with van der Waals surface area (Å²) in [5.41, 5.74) is 1.44. The largest absolute Gasteiger partial charge is 0.368 e. The average molecular weight is 365 g/mol. The number of nitrogens with one attached hydrogen (secondary N) is 2. The Bertz CT molecular complexity index is 932. The maximum Gasteiger partial charge on any atom is 0.251 e. The minimum absolute atomic E-state index is 0.111. The lowest BCUT2D eigenvalue weighted by Gasteiger charge is -2.12. The normalized spacial score (nSPS) is 14.6. The fourth-order valence-corrected chi connectivity index (χ4v) is 3.50. The van der Waals surface area contributed by atoms with Gasteiger partial charge in [0, 0.05) is 44.0 Å². The third-order valence-electron chi connectivity index (χ3n) is 4.98. The molecule has 1 fully saturated rings. The molecule has 0 aliphatic heterocycles. The number of hydrogen-bond donors (Lipinski definition) is 2. The Kier molecular flexibility index (Phi) is 4.95. The van der Waals surface area contributed by atoms with E-state index in [9.17, 15) is 4.79 Å². The lowest BCUT2D eigenvalue weighted by Crippen LogP contribution is -2.29. The first kappa shape index (κ1) is 17.4. The third-order valence-corrected chi connectivity index (χ3v) is 4.98. The molecular weight excluding hydrogens is 342 g/mol. The molecule has 1 amide bonds. The van der Waals surface area contributed by atoms with Crippen LogP contribution in [-0.2, 0) is 7.05 Å². The van der Waals surface area contributed by atoms with Gasteiger partial charge in [-0.25, -0.2) is 9.97 Å². The van der Waals surface area contributed by atoms with E-state index in [2.05, 4.69) is 20.7 Å². The summed E-state index contributed by atoms with van der Waals surface area (Å²) in [5, 5.41) is 11.5. The van der Waals surface area contributed by atoms with E-state index in [0.717, 1.165) is 35.5 Å². The summed E-state index contributed by atoms with van der Waals surface area (Å²) < 4.78 is 1.78. The summed E-state index contributed by atoms with van der Waals surface area (Å²) in [5.74, 6) is 2.00. The minimum Gasteiger partial charge on any atom is -0.368 e. The van der Waals surface area contributed by atoms with Gasteiger partial charge >= 0.3 is 0 Å². The summed E-state index contributed by atoms with van der Waals surface area (Å²) in [7, 11) is 1.90. The first-order valence-electron chi connectivity index (χ1n) is 9.34. The second-order valence-electron chi connectivity index (χ2n) is 6.84. The molecule has 2 N–H and O–H groups in total. The molecule has 0 unspecified atom stereocenters. The zero-order valence-corrected chi connectivity index (χ0v) is 15.4. The van der Waals surface area contributed by atoms with Gasteiger partial charge in [0.05, 0.1) is 11.6 Å². The molecule has 27 heavy (non-hydrogen) atoms. The lowest BCUT2D eigenvalue weighted by atomic mass is 10.1. The first-order valence-corrected chi connectivity index (χ1v) is 9.34. The number of carbonyl (C=O) groups excluding carboxylic acids is 1. The van der Waals surface area contributed by atoms with Crippen LogP contribution in [0.3, 0.4) is 0 Å². The van der Waals surface area contributed by atoms with Gasteiger partial charge in [-0.15, -0.1) is 0 Å². The van der Waals surface area contributed by atoms with Crippen LogP contribution in [0, 0.1) is 0 Å². The molecule has 0 saturated heterocycles. The van der Waals surface area contributed by atoms with Crippen LogP contribution in [0.25, 0.3) is 11.0 Å². The Hall–Kier alpha value is -3.03. The molecule has 0 spiro atoms. The van der Waals surface area contributed by atoms with E-state index in [0.29, 0.717) is 24.6 Å². The smallest absolute Gasteiger partial charge is 0.251 e. The van der Waals surface area contributed by atoms with Gasteiger partial charge in [-0.1, -0.05) is 12.8 Å². The van der Waals surface area contributed by atoms with Crippen LogP contribution in [0.1, 0.15) is 47.8 Å². The number of aryl methyl sites for hydroxylation is 1.